The van der Waals surface area contributed by atoms with Gasteiger partial charge in [-0.3, -0.25) is 0 Å². The fourth-order valence-electron chi connectivity index (χ4n) is 1.30. The highest BCUT2D eigenvalue weighted by Gasteiger charge is 2.07. The number of halogens is 2. The van der Waals surface area contributed by atoms with Crippen molar-refractivity contribution in [2.24, 2.45) is 0 Å². The molecule has 0 aromatic carbocycles. The quantitative estimate of drug-likeness (QED) is 0.787. The molecule has 0 radical (unpaired) electrons. The van der Waals surface area contributed by atoms with E-state index in [0.717, 1.165) is 26.2 Å². The second-order valence-corrected chi connectivity index (χ2v) is 7.19. The molecule has 0 unspecified atom stereocenters. The molecule has 1 N–H and O–H groups in total. The molecule has 0 amide bonds. The second-order valence-electron chi connectivity index (χ2n) is 3.44. The van der Waals surface area contributed by atoms with E-state index in [1.807, 2.05) is 0 Å². The lowest BCUT2D eigenvalue weighted by Crippen LogP contribution is -2.28. The molecule has 2 nitrogen and oxygen atoms in total. The van der Waals surface area contributed by atoms with Crippen LogP contribution in [-0.2, 0) is 6.54 Å². The first-order valence-electron chi connectivity index (χ1n) is 4.96. The molecule has 1 heterocycles. The van der Waals surface area contributed by atoms with Gasteiger partial charge in [0.1, 0.15) is 0 Å². The minimum atomic E-state index is 0.994. The van der Waals surface area contributed by atoms with Crippen LogP contribution >= 0.6 is 43.2 Å². The average molecular weight is 356 g/mol. The molecule has 0 aliphatic heterocycles. The number of nitrogens with one attached hydrogen (secondary N) is 1. The van der Waals surface area contributed by atoms with Crippen molar-refractivity contribution < 1.29 is 0 Å². The number of hydrogen-bond donors (Lipinski definition) is 1. The molecular formula is C10H16Br2N2S. The summed E-state index contributed by atoms with van der Waals surface area (Å²) in [6.45, 7) is 6.30. The van der Waals surface area contributed by atoms with Crippen molar-refractivity contribution in [3.63, 3.8) is 0 Å². The van der Waals surface area contributed by atoms with Gasteiger partial charge in [-0.05, 0) is 57.1 Å². The Kier molecular flexibility index (Phi) is 6.38. The first-order valence-corrected chi connectivity index (χ1v) is 7.36. The smallest absolute Gasteiger partial charge is 0.0755 e. The van der Waals surface area contributed by atoms with Gasteiger partial charge in [0, 0.05) is 19.6 Å². The zero-order chi connectivity index (χ0) is 11.3. The second kappa shape index (κ2) is 7.01. The molecule has 1 aromatic rings. The van der Waals surface area contributed by atoms with E-state index in [0.29, 0.717) is 0 Å². The summed E-state index contributed by atoms with van der Waals surface area (Å²) >= 11 is 8.80. The van der Waals surface area contributed by atoms with Crippen molar-refractivity contribution in [2.45, 2.75) is 13.5 Å². The van der Waals surface area contributed by atoms with Gasteiger partial charge in [0.05, 0.1) is 7.57 Å². The minimum absolute atomic E-state index is 0.994. The summed E-state index contributed by atoms with van der Waals surface area (Å²) in [6, 6.07) is 2.18. The van der Waals surface area contributed by atoms with Gasteiger partial charge in [-0.15, -0.1) is 11.3 Å². The van der Waals surface area contributed by atoms with Crippen LogP contribution in [-0.4, -0.2) is 31.6 Å². The van der Waals surface area contributed by atoms with E-state index in [2.05, 4.69) is 62.1 Å². The Morgan fingerprint density at radius 3 is 2.73 bits per heavy atom. The average Bonchev–Trinajstić information content (AvgIpc) is 2.45. The van der Waals surface area contributed by atoms with Gasteiger partial charge in [-0.1, -0.05) is 6.92 Å². The van der Waals surface area contributed by atoms with E-state index in [4.69, 9.17) is 0 Å². The lowest BCUT2D eigenvalue weighted by molar-refractivity contribution is 0.325. The van der Waals surface area contributed by atoms with Gasteiger partial charge in [0.25, 0.3) is 0 Å². The molecule has 86 valence electrons. The number of nitrogens with zero attached hydrogens (tertiary/aromatic N) is 1. The molecule has 0 saturated heterocycles. The topological polar surface area (TPSA) is 15.3 Å². The van der Waals surface area contributed by atoms with Gasteiger partial charge >= 0.3 is 0 Å². The summed E-state index contributed by atoms with van der Waals surface area (Å²) in [7, 11) is 2.15. The van der Waals surface area contributed by atoms with E-state index < -0.39 is 0 Å². The third-order valence-electron chi connectivity index (χ3n) is 2.09. The van der Waals surface area contributed by atoms with E-state index in [9.17, 15) is 0 Å². The number of rotatable bonds is 6. The normalized spacial score (nSPS) is 11.3. The molecule has 15 heavy (non-hydrogen) atoms. The van der Waals surface area contributed by atoms with Crippen molar-refractivity contribution in [3.8, 4) is 0 Å². The lowest BCUT2D eigenvalue weighted by atomic mass is 10.3. The largest absolute Gasteiger partial charge is 0.316 e. The van der Waals surface area contributed by atoms with Crippen molar-refractivity contribution in [2.75, 3.05) is 26.7 Å². The summed E-state index contributed by atoms with van der Waals surface area (Å²) in [5.41, 5.74) is 1.35. The van der Waals surface area contributed by atoms with E-state index in [1.54, 1.807) is 11.3 Å². The molecule has 1 aromatic heterocycles. The summed E-state index contributed by atoms with van der Waals surface area (Å²) < 4.78 is 2.41. The lowest BCUT2D eigenvalue weighted by Gasteiger charge is -2.16. The fourth-order valence-corrected chi connectivity index (χ4v) is 4.10. The Morgan fingerprint density at radius 2 is 2.20 bits per heavy atom. The molecule has 0 spiro atoms. The Balaban J connectivity index is 2.37. The molecular weight excluding hydrogens is 340 g/mol. The van der Waals surface area contributed by atoms with Crippen LogP contribution in [0.2, 0.25) is 0 Å². The summed E-state index contributed by atoms with van der Waals surface area (Å²) in [4.78, 5) is 2.32. The molecule has 0 aliphatic rings. The van der Waals surface area contributed by atoms with Crippen molar-refractivity contribution in [3.05, 3.63) is 19.2 Å². The van der Waals surface area contributed by atoms with Gasteiger partial charge in [0.2, 0.25) is 0 Å². The highest BCUT2D eigenvalue weighted by Crippen LogP contribution is 2.32. The van der Waals surface area contributed by atoms with Crippen LogP contribution in [0.25, 0.3) is 0 Å². The van der Waals surface area contributed by atoms with Gasteiger partial charge in [0.15, 0.2) is 0 Å². The zero-order valence-electron chi connectivity index (χ0n) is 9.02. The van der Waals surface area contributed by atoms with Crippen LogP contribution in [0.1, 0.15) is 12.5 Å². The van der Waals surface area contributed by atoms with Gasteiger partial charge < -0.3 is 10.2 Å². The van der Waals surface area contributed by atoms with Crippen LogP contribution < -0.4 is 5.32 Å². The summed E-state index contributed by atoms with van der Waals surface area (Å²) in [5.74, 6) is 0. The molecule has 0 aliphatic carbocycles. The minimum Gasteiger partial charge on any atom is -0.316 e. The highest BCUT2D eigenvalue weighted by molar-refractivity contribution is 9.12. The predicted octanol–water partition coefficient (Wildman–Crippen LogP) is 3.31. The molecule has 0 saturated carbocycles. The Bertz CT molecular complexity index is 302. The maximum absolute atomic E-state index is 3.57. The van der Waals surface area contributed by atoms with Crippen LogP contribution in [0.15, 0.2) is 13.6 Å². The van der Waals surface area contributed by atoms with E-state index >= 15 is 0 Å². The van der Waals surface area contributed by atoms with Crippen molar-refractivity contribution in [1.82, 2.24) is 10.2 Å². The Labute approximate surface area is 112 Å². The molecule has 5 heteroatoms. The fraction of sp³-hybridized carbons (Fsp3) is 0.600. The van der Waals surface area contributed by atoms with Gasteiger partial charge in [-0.25, -0.2) is 0 Å². The molecule has 0 fully saturated rings. The van der Waals surface area contributed by atoms with Crippen molar-refractivity contribution in [1.29, 1.82) is 0 Å². The number of thiophene rings is 1. The number of hydrogen-bond acceptors (Lipinski definition) is 3. The third-order valence-corrected chi connectivity index (χ3v) is 4.55. The van der Waals surface area contributed by atoms with Crippen LogP contribution in [0.5, 0.6) is 0 Å². The zero-order valence-corrected chi connectivity index (χ0v) is 13.0. The first kappa shape index (κ1) is 13.6. The number of likely N-dealkylation sites (N-methyl/N-ethyl adjacent to an activating group) is 2. The van der Waals surface area contributed by atoms with Crippen LogP contribution in [0.3, 0.4) is 0 Å². The predicted molar refractivity (Wildman–Crippen MR) is 74.6 cm³/mol. The molecule has 1 rings (SSSR count). The van der Waals surface area contributed by atoms with Crippen LogP contribution in [0, 0.1) is 0 Å². The van der Waals surface area contributed by atoms with E-state index in [-0.39, 0.29) is 0 Å². The standard InChI is InChI=1S/C10H16Br2N2S/c1-3-13-4-5-14(2)7-8-6-9(11)15-10(8)12/h6,13H,3-5,7H2,1-2H3. The molecule has 0 atom stereocenters. The third kappa shape index (κ3) is 4.95. The SMILES string of the molecule is CCNCCN(C)Cc1cc(Br)sc1Br. The van der Waals surface area contributed by atoms with Gasteiger partial charge in [-0.2, -0.15) is 0 Å². The Hall–Kier alpha value is 0.580. The summed E-state index contributed by atoms with van der Waals surface area (Å²) in [6.07, 6.45) is 0. The Morgan fingerprint density at radius 1 is 1.47 bits per heavy atom. The molecule has 0 bridgehead atoms. The maximum Gasteiger partial charge on any atom is 0.0755 e. The van der Waals surface area contributed by atoms with Crippen LogP contribution in [0.4, 0.5) is 0 Å². The highest BCUT2D eigenvalue weighted by atomic mass is 79.9. The monoisotopic (exact) mass is 354 g/mol. The van der Waals surface area contributed by atoms with Crippen molar-refractivity contribution >= 4 is 43.2 Å². The maximum atomic E-state index is 3.57. The van der Waals surface area contributed by atoms with E-state index in [1.165, 1.54) is 13.1 Å². The first-order chi connectivity index (χ1) is 7.13. The summed E-state index contributed by atoms with van der Waals surface area (Å²) in [5, 5.41) is 3.32.